The maximum atomic E-state index is 14.1. The normalized spacial score (nSPS) is 20.4. The minimum absolute atomic E-state index is 0.0316. The summed E-state index contributed by atoms with van der Waals surface area (Å²) in [5.74, 6) is 0.340. The predicted octanol–water partition coefficient (Wildman–Crippen LogP) is 5.12. The van der Waals surface area contributed by atoms with E-state index in [0.717, 1.165) is 30.5 Å². The number of ether oxygens (including phenoxy) is 2. The minimum atomic E-state index is -3.96. The van der Waals surface area contributed by atoms with Crippen molar-refractivity contribution in [1.29, 1.82) is 0 Å². The van der Waals surface area contributed by atoms with Crippen LogP contribution in [0, 0.1) is 11.7 Å². The summed E-state index contributed by atoms with van der Waals surface area (Å²) in [4.78, 5) is 15.0. The van der Waals surface area contributed by atoms with Crippen molar-refractivity contribution in [1.82, 2.24) is 4.90 Å². The van der Waals surface area contributed by atoms with Crippen LogP contribution in [0.15, 0.2) is 83.8 Å². The Kier molecular flexibility index (Phi) is 7.81. The zero-order valence-electron chi connectivity index (χ0n) is 21.2. The van der Waals surface area contributed by atoms with E-state index in [4.69, 9.17) is 9.47 Å². The molecule has 38 heavy (non-hydrogen) atoms. The van der Waals surface area contributed by atoms with Gasteiger partial charge in [-0.25, -0.2) is 12.8 Å². The molecule has 0 spiro atoms. The molecule has 0 aromatic heterocycles. The van der Waals surface area contributed by atoms with Gasteiger partial charge in [-0.05, 0) is 72.7 Å². The van der Waals surface area contributed by atoms with Crippen LogP contribution in [-0.4, -0.2) is 45.5 Å². The molecule has 2 fully saturated rings. The standard InChI is InChI=1S/C30H32FNO5S/c31-26-8-12-28(13-9-26)38(34,35)30(16-17-32(22-30)29(33)20-23-14-18-36-19-15-23)25-6-10-27(11-7-25)37-21-24-4-2-1-3-5-24/h1-13,23H,14-22H2. The third-order valence-electron chi connectivity index (χ3n) is 7.66. The smallest absolute Gasteiger partial charge is 0.222 e. The molecule has 1 unspecified atom stereocenters. The number of hydrogen-bond acceptors (Lipinski definition) is 5. The Balaban J connectivity index is 1.41. The number of nitrogens with zero attached hydrogens (tertiary/aromatic N) is 1. The molecule has 200 valence electrons. The van der Waals surface area contributed by atoms with Gasteiger partial charge < -0.3 is 14.4 Å². The molecule has 0 N–H and O–H groups in total. The molecule has 2 aliphatic rings. The number of benzene rings is 3. The number of amides is 1. The maximum absolute atomic E-state index is 14.1. The van der Waals surface area contributed by atoms with E-state index >= 15 is 0 Å². The summed E-state index contributed by atoms with van der Waals surface area (Å²) in [6.07, 6.45) is 2.32. The van der Waals surface area contributed by atoms with Crippen LogP contribution >= 0.6 is 0 Å². The Morgan fingerprint density at radius 1 is 0.974 bits per heavy atom. The van der Waals surface area contributed by atoms with Gasteiger partial charge in [0.25, 0.3) is 0 Å². The predicted molar refractivity (Wildman–Crippen MR) is 142 cm³/mol. The molecule has 1 atom stereocenters. The quantitative estimate of drug-likeness (QED) is 0.373. The van der Waals surface area contributed by atoms with Gasteiger partial charge in [0.2, 0.25) is 5.91 Å². The molecule has 5 rings (SSSR count). The van der Waals surface area contributed by atoms with E-state index in [0.29, 0.717) is 44.1 Å². The zero-order valence-corrected chi connectivity index (χ0v) is 22.0. The first-order valence-electron chi connectivity index (χ1n) is 13.0. The van der Waals surface area contributed by atoms with Gasteiger partial charge in [0.05, 0.1) is 4.90 Å². The SMILES string of the molecule is O=C(CC1CCOCC1)N1CCC(c2ccc(OCc3ccccc3)cc2)(S(=O)(=O)c2ccc(F)cc2)C1. The molecule has 6 nitrogen and oxygen atoms in total. The van der Waals surface area contributed by atoms with Crippen LogP contribution < -0.4 is 4.74 Å². The molecule has 1 amide bonds. The Morgan fingerprint density at radius 3 is 2.34 bits per heavy atom. The highest BCUT2D eigenvalue weighted by atomic mass is 32.2. The van der Waals surface area contributed by atoms with Gasteiger partial charge in [0.15, 0.2) is 9.84 Å². The van der Waals surface area contributed by atoms with E-state index in [1.54, 1.807) is 29.2 Å². The zero-order chi connectivity index (χ0) is 26.6. The lowest BCUT2D eigenvalue weighted by atomic mass is 9.95. The highest BCUT2D eigenvalue weighted by Gasteiger charge is 2.52. The highest BCUT2D eigenvalue weighted by molar-refractivity contribution is 7.92. The summed E-state index contributed by atoms with van der Waals surface area (Å²) < 4.78 is 51.8. The van der Waals surface area contributed by atoms with Crippen molar-refractivity contribution in [2.75, 3.05) is 26.3 Å². The van der Waals surface area contributed by atoms with E-state index in [1.165, 1.54) is 12.1 Å². The molecule has 3 aromatic carbocycles. The van der Waals surface area contributed by atoms with Gasteiger partial charge in [-0.15, -0.1) is 0 Å². The average Bonchev–Trinajstić information content (AvgIpc) is 3.41. The van der Waals surface area contributed by atoms with Crippen molar-refractivity contribution in [3.63, 3.8) is 0 Å². The van der Waals surface area contributed by atoms with Crippen LogP contribution in [0.1, 0.15) is 36.8 Å². The van der Waals surface area contributed by atoms with Gasteiger partial charge in [-0.3, -0.25) is 4.79 Å². The van der Waals surface area contributed by atoms with Crippen molar-refractivity contribution in [2.45, 2.75) is 41.9 Å². The lowest BCUT2D eigenvalue weighted by molar-refractivity contribution is -0.131. The molecule has 0 aliphatic carbocycles. The molecule has 0 saturated carbocycles. The second-order valence-electron chi connectivity index (χ2n) is 10.1. The van der Waals surface area contributed by atoms with E-state index in [9.17, 15) is 17.6 Å². The molecule has 2 heterocycles. The van der Waals surface area contributed by atoms with Gasteiger partial charge in [-0.1, -0.05) is 42.5 Å². The average molecular weight is 538 g/mol. The van der Waals surface area contributed by atoms with Gasteiger partial charge in [-0.2, -0.15) is 0 Å². The number of hydrogen-bond donors (Lipinski definition) is 0. The van der Waals surface area contributed by atoms with E-state index in [1.807, 2.05) is 30.3 Å². The summed E-state index contributed by atoms with van der Waals surface area (Å²) >= 11 is 0. The molecular formula is C30H32FNO5S. The Bertz CT molecular complexity index is 1340. The molecule has 0 bridgehead atoms. The van der Waals surface area contributed by atoms with Crippen LogP contribution in [0.25, 0.3) is 0 Å². The van der Waals surface area contributed by atoms with Crippen LogP contribution in [0.4, 0.5) is 4.39 Å². The van der Waals surface area contributed by atoms with Crippen molar-refractivity contribution in [2.24, 2.45) is 5.92 Å². The molecule has 0 radical (unpaired) electrons. The lowest BCUT2D eigenvalue weighted by Gasteiger charge is -2.30. The number of sulfone groups is 1. The number of halogens is 1. The number of likely N-dealkylation sites (tertiary alicyclic amines) is 1. The Hall–Kier alpha value is -3.23. The van der Waals surface area contributed by atoms with Crippen LogP contribution in [-0.2, 0) is 30.7 Å². The molecule has 2 saturated heterocycles. The van der Waals surface area contributed by atoms with Crippen LogP contribution in [0.2, 0.25) is 0 Å². The monoisotopic (exact) mass is 537 g/mol. The molecular weight excluding hydrogens is 505 g/mol. The van der Waals surface area contributed by atoms with E-state index in [-0.39, 0.29) is 29.7 Å². The fourth-order valence-corrected chi connectivity index (χ4v) is 7.44. The summed E-state index contributed by atoms with van der Waals surface area (Å²) in [6, 6.07) is 21.8. The highest BCUT2D eigenvalue weighted by Crippen LogP contribution is 2.44. The number of carbonyl (C=O) groups excluding carboxylic acids is 1. The fraction of sp³-hybridized carbons (Fsp3) is 0.367. The fourth-order valence-electron chi connectivity index (χ4n) is 5.37. The van der Waals surface area contributed by atoms with E-state index in [2.05, 4.69) is 0 Å². The van der Waals surface area contributed by atoms with Crippen molar-refractivity contribution in [3.8, 4) is 5.75 Å². The van der Waals surface area contributed by atoms with Crippen molar-refractivity contribution < 1.29 is 27.1 Å². The first-order chi connectivity index (χ1) is 18.4. The second kappa shape index (κ2) is 11.3. The van der Waals surface area contributed by atoms with Crippen LogP contribution in [0.5, 0.6) is 5.75 Å². The van der Waals surface area contributed by atoms with E-state index < -0.39 is 20.4 Å². The van der Waals surface area contributed by atoms with Gasteiger partial charge >= 0.3 is 0 Å². The van der Waals surface area contributed by atoms with Crippen molar-refractivity contribution in [3.05, 3.63) is 95.8 Å². The lowest BCUT2D eigenvalue weighted by Crippen LogP contribution is -2.41. The number of carbonyl (C=O) groups is 1. The first kappa shape index (κ1) is 26.4. The molecule has 2 aliphatic heterocycles. The third kappa shape index (κ3) is 5.47. The first-order valence-corrected chi connectivity index (χ1v) is 14.5. The summed E-state index contributed by atoms with van der Waals surface area (Å²) in [7, 11) is -3.96. The summed E-state index contributed by atoms with van der Waals surface area (Å²) in [6.45, 7) is 2.10. The minimum Gasteiger partial charge on any atom is -0.489 e. The third-order valence-corrected chi connectivity index (χ3v) is 10.1. The number of rotatable bonds is 8. The molecule has 8 heteroatoms. The Labute approximate surface area is 223 Å². The topological polar surface area (TPSA) is 72.9 Å². The van der Waals surface area contributed by atoms with Gasteiger partial charge in [0, 0.05) is 32.7 Å². The van der Waals surface area contributed by atoms with Crippen molar-refractivity contribution >= 4 is 15.7 Å². The van der Waals surface area contributed by atoms with Crippen LogP contribution in [0.3, 0.4) is 0 Å². The second-order valence-corrected chi connectivity index (χ2v) is 12.3. The maximum Gasteiger partial charge on any atom is 0.222 e. The largest absolute Gasteiger partial charge is 0.489 e. The summed E-state index contributed by atoms with van der Waals surface area (Å²) in [5, 5.41) is 0. The molecule has 3 aromatic rings. The Morgan fingerprint density at radius 2 is 1.66 bits per heavy atom. The summed E-state index contributed by atoms with van der Waals surface area (Å²) in [5.41, 5.74) is 1.62. The van der Waals surface area contributed by atoms with Gasteiger partial charge in [0.1, 0.15) is 22.9 Å².